The molecule has 2 bridgehead atoms. The van der Waals surface area contributed by atoms with Crippen LogP contribution in [-0.4, -0.2) is 41.8 Å². The molecule has 2 heterocycles. The molecule has 6 nitrogen and oxygen atoms in total. The molecule has 2 saturated heterocycles. The number of carbonyl (C=O) groups is 2. The van der Waals surface area contributed by atoms with E-state index in [1.165, 1.54) is 7.11 Å². The maximum atomic E-state index is 12.5. The van der Waals surface area contributed by atoms with Crippen LogP contribution in [-0.2, 0) is 14.3 Å². The van der Waals surface area contributed by atoms with Crippen LogP contribution in [0.5, 0.6) is 0 Å². The second-order valence-corrected chi connectivity index (χ2v) is 7.70. The largest absolute Gasteiger partial charge is 0.468 e. The van der Waals surface area contributed by atoms with Crippen LogP contribution in [0.3, 0.4) is 0 Å². The number of ether oxygens (including phenoxy) is 2. The van der Waals surface area contributed by atoms with Gasteiger partial charge in [0, 0.05) is 17.5 Å². The molecular weight excluding hydrogens is 308 g/mol. The van der Waals surface area contributed by atoms with Crippen molar-refractivity contribution in [3.8, 4) is 6.07 Å². The smallest absolute Gasteiger partial charge is 0.410 e. The van der Waals surface area contributed by atoms with E-state index >= 15 is 0 Å². The molecular formula is C18H26N2O4. The first-order chi connectivity index (χ1) is 11.2. The standard InChI is InChI=1S/C18H26N2O4/c1-6-18(14(11-19)15(21)23-5)9-12-7-8-13(10-18)20(12)16(22)24-17(2,3)4/h6,12-14H,1,7-10H2,2-5H3/t12-,13+,14?,18?. The fourth-order valence-corrected chi connectivity index (χ4v) is 3.99. The summed E-state index contributed by atoms with van der Waals surface area (Å²) in [5.74, 6) is -1.44. The maximum Gasteiger partial charge on any atom is 0.410 e. The molecule has 0 aromatic rings. The minimum Gasteiger partial charge on any atom is -0.468 e. The third-order valence-corrected chi connectivity index (χ3v) is 5.00. The van der Waals surface area contributed by atoms with Crippen molar-refractivity contribution in [2.75, 3.05) is 7.11 Å². The van der Waals surface area contributed by atoms with Crippen molar-refractivity contribution in [3.63, 3.8) is 0 Å². The number of fused-ring (bicyclic) bond motifs is 2. The number of methoxy groups -OCH3 is 1. The van der Waals surface area contributed by atoms with Crippen molar-refractivity contribution in [3.05, 3.63) is 12.7 Å². The summed E-state index contributed by atoms with van der Waals surface area (Å²) in [5.41, 5.74) is -1.21. The SMILES string of the molecule is C=CC1(C(C#N)C(=O)OC)C[C@H]2CC[C@@H](C1)N2C(=O)OC(C)(C)C. The first-order valence-electron chi connectivity index (χ1n) is 8.30. The van der Waals surface area contributed by atoms with Crippen molar-refractivity contribution in [2.24, 2.45) is 11.3 Å². The Labute approximate surface area is 143 Å². The molecule has 132 valence electrons. The van der Waals surface area contributed by atoms with Gasteiger partial charge in [-0.25, -0.2) is 4.79 Å². The zero-order valence-electron chi connectivity index (χ0n) is 14.9. The van der Waals surface area contributed by atoms with E-state index in [-0.39, 0.29) is 18.2 Å². The molecule has 2 aliphatic rings. The predicted molar refractivity (Wildman–Crippen MR) is 87.9 cm³/mol. The lowest BCUT2D eigenvalue weighted by atomic mass is 9.66. The summed E-state index contributed by atoms with van der Waals surface area (Å²) in [6.07, 6.45) is 4.13. The number of carbonyl (C=O) groups excluding carboxylic acids is 2. The van der Waals surface area contributed by atoms with E-state index < -0.39 is 22.9 Å². The second-order valence-electron chi connectivity index (χ2n) is 7.70. The second kappa shape index (κ2) is 6.46. The van der Waals surface area contributed by atoms with Gasteiger partial charge in [0.1, 0.15) is 5.60 Å². The highest BCUT2D eigenvalue weighted by Gasteiger charge is 2.54. The Morgan fingerprint density at radius 3 is 2.25 bits per heavy atom. The van der Waals surface area contributed by atoms with Gasteiger partial charge in [0.2, 0.25) is 0 Å². The highest BCUT2D eigenvalue weighted by Crippen LogP contribution is 2.50. The molecule has 2 rings (SSSR count). The zero-order valence-corrected chi connectivity index (χ0v) is 14.9. The van der Waals surface area contributed by atoms with E-state index in [2.05, 4.69) is 12.6 Å². The van der Waals surface area contributed by atoms with Crippen LogP contribution in [0.2, 0.25) is 0 Å². The van der Waals surface area contributed by atoms with Gasteiger partial charge >= 0.3 is 12.1 Å². The van der Waals surface area contributed by atoms with Crippen LogP contribution >= 0.6 is 0 Å². The van der Waals surface area contributed by atoms with Gasteiger partial charge in [0.15, 0.2) is 5.92 Å². The topological polar surface area (TPSA) is 79.6 Å². The number of nitriles is 1. The van der Waals surface area contributed by atoms with Gasteiger partial charge < -0.3 is 14.4 Å². The monoisotopic (exact) mass is 334 g/mol. The summed E-state index contributed by atoms with van der Waals surface area (Å²) in [7, 11) is 1.29. The van der Waals surface area contributed by atoms with Crippen molar-refractivity contribution in [1.82, 2.24) is 4.90 Å². The number of hydrogen-bond acceptors (Lipinski definition) is 5. The van der Waals surface area contributed by atoms with Crippen LogP contribution < -0.4 is 0 Å². The van der Waals surface area contributed by atoms with Gasteiger partial charge in [-0.05, 0) is 46.5 Å². The summed E-state index contributed by atoms with van der Waals surface area (Å²) in [6, 6.07) is 2.00. The molecule has 2 unspecified atom stereocenters. The molecule has 2 aliphatic heterocycles. The normalized spacial score (nSPS) is 30.2. The molecule has 0 spiro atoms. The lowest BCUT2D eigenvalue weighted by Crippen LogP contribution is -2.53. The van der Waals surface area contributed by atoms with Crippen LogP contribution in [0, 0.1) is 22.7 Å². The minimum absolute atomic E-state index is 0.0443. The van der Waals surface area contributed by atoms with Crippen molar-refractivity contribution >= 4 is 12.1 Å². The molecule has 6 heteroatoms. The Morgan fingerprint density at radius 1 is 1.33 bits per heavy atom. The van der Waals surface area contributed by atoms with Crippen LogP contribution in [0.4, 0.5) is 4.79 Å². The van der Waals surface area contributed by atoms with Gasteiger partial charge in [0.25, 0.3) is 0 Å². The Kier molecular flexibility index (Phi) is 4.93. The Hall–Kier alpha value is -2.03. The molecule has 2 fully saturated rings. The Balaban J connectivity index is 2.25. The van der Waals surface area contributed by atoms with E-state index in [0.717, 1.165) is 12.8 Å². The number of allylic oxidation sites excluding steroid dienone is 1. The molecule has 0 radical (unpaired) electrons. The summed E-state index contributed by atoms with van der Waals surface area (Å²) < 4.78 is 10.3. The zero-order chi connectivity index (χ0) is 18.1. The van der Waals surface area contributed by atoms with Crippen molar-refractivity contribution in [2.45, 2.75) is 64.1 Å². The van der Waals surface area contributed by atoms with Crippen LogP contribution in [0.1, 0.15) is 46.5 Å². The maximum absolute atomic E-state index is 12.5. The molecule has 0 aromatic carbocycles. The van der Waals surface area contributed by atoms with E-state index in [1.54, 1.807) is 11.0 Å². The molecule has 4 atom stereocenters. The van der Waals surface area contributed by atoms with Gasteiger partial charge in [-0.15, -0.1) is 6.58 Å². The first-order valence-corrected chi connectivity index (χ1v) is 8.30. The quantitative estimate of drug-likeness (QED) is 0.585. The van der Waals surface area contributed by atoms with Gasteiger partial charge in [-0.3, -0.25) is 4.79 Å². The number of esters is 1. The number of hydrogen-bond donors (Lipinski definition) is 0. The number of amides is 1. The number of rotatable bonds is 3. The average molecular weight is 334 g/mol. The van der Waals surface area contributed by atoms with Crippen molar-refractivity contribution < 1.29 is 19.1 Å². The third kappa shape index (κ3) is 3.26. The summed E-state index contributed by atoms with van der Waals surface area (Å²) in [4.78, 5) is 26.4. The molecule has 0 aromatic heterocycles. The lowest BCUT2D eigenvalue weighted by Gasteiger charge is -2.46. The number of nitrogens with zero attached hydrogens (tertiary/aromatic N) is 2. The fraction of sp³-hybridized carbons (Fsp3) is 0.722. The van der Waals surface area contributed by atoms with Gasteiger partial charge in [0.05, 0.1) is 13.2 Å². The van der Waals surface area contributed by atoms with Gasteiger partial charge in [-0.2, -0.15) is 5.26 Å². The predicted octanol–water partition coefficient (Wildman–Crippen LogP) is 3.03. The van der Waals surface area contributed by atoms with Crippen LogP contribution in [0.15, 0.2) is 12.7 Å². The van der Waals surface area contributed by atoms with Crippen LogP contribution in [0.25, 0.3) is 0 Å². The highest BCUT2D eigenvalue weighted by atomic mass is 16.6. The Morgan fingerprint density at radius 2 is 1.88 bits per heavy atom. The number of piperidine rings is 1. The third-order valence-electron chi connectivity index (χ3n) is 5.00. The summed E-state index contributed by atoms with van der Waals surface area (Å²) >= 11 is 0. The lowest BCUT2D eigenvalue weighted by molar-refractivity contribution is -0.147. The van der Waals surface area contributed by atoms with Gasteiger partial charge in [-0.1, -0.05) is 6.08 Å². The highest BCUT2D eigenvalue weighted by molar-refractivity contribution is 5.77. The van der Waals surface area contributed by atoms with E-state index in [0.29, 0.717) is 12.8 Å². The Bertz CT molecular complexity index is 559. The van der Waals surface area contributed by atoms with E-state index in [4.69, 9.17) is 9.47 Å². The summed E-state index contributed by atoms with van der Waals surface area (Å²) in [5, 5.41) is 9.49. The average Bonchev–Trinajstić information content (AvgIpc) is 2.78. The van der Waals surface area contributed by atoms with E-state index in [9.17, 15) is 14.9 Å². The summed E-state index contributed by atoms with van der Waals surface area (Å²) in [6.45, 7) is 9.40. The molecule has 0 N–H and O–H groups in total. The fourth-order valence-electron chi connectivity index (χ4n) is 3.99. The molecule has 0 aliphatic carbocycles. The minimum atomic E-state index is -0.899. The molecule has 1 amide bonds. The van der Waals surface area contributed by atoms with E-state index in [1.807, 2.05) is 20.8 Å². The van der Waals surface area contributed by atoms with Crippen molar-refractivity contribution in [1.29, 1.82) is 5.26 Å². The molecule has 0 saturated carbocycles. The molecule has 24 heavy (non-hydrogen) atoms. The first kappa shape index (κ1) is 18.3.